The Labute approximate surface area is 121 Å². The maximum absolute atomic E-state index is 12.5. The van der Waals surface area contributed by atoms with Crippen LogP contribution in [-0.4, -0.2) is 61.5 Å². The number of para-hydroxylation sites is 1. The van der Waals surface area contributed by atoms with Crippen molar-refractivity contribution in [2.24, 2.45) is 0 Å². The largest absolute Gasteiger partial charge is 0.359 e. The third-order valence-electron chi connectivity index (χ3n) is 4.51. The third kappa shape index (κ3) is 2.52. The molecule has 4 heteroatoms. The summed E-state index contributed by atoms with van der Waals surface area (Å²) in [6.45, 7) is 6.41. The van der Waals surface area contributed by atoms with Crippen LogP contribution in [0, 0.1) is 0 Å². The van der Waals surface area contributed by atoms with E-state index >= 15 is 0 Å². The molecule has 4 nitrogen and oxygen atoms in total. The van der Waals surface area contributed by atoms with E-state index in [2.05, 4.69) is 48.0 Å². The summed E-state index contributed by atoms with van der Waals surface area (Å²) in [5.41, 5.74) is 2.61. The molecule has 1 unspecified atom stereocenters. The number of anilines is 1. The van der Waals surface area contributed by atoms with Gasteiger partial charge >= 0.3 is 0 Å². The fourth-order valence-electron chi connectivity index (χ4n) is 3.17. The Morgan fingerprint density at radius 2 is 1.90 bits per heavy atom. The van der Waals surface area contributed by atoms with Crippen molar-refractivity contribution < 1.29 is 4.79 Å². The van der Waals surface area contributed by atoms with Gasteiger partial charge in [0.1, 0.15) is 0 Å². The summed E-state index contributed by atoms with van der Waals surface area (Å²) in [4.78, 5) is 19.0. The van der Waals surface area contributed by atoms with Crippen molar-refractivity contribution in [2.75, 3.05) is 44.7 Å². The summed E-state index contributed by atoms with van der Waals surface area (Å²) in [5.74, 6) is 0.265. The maximum atomic E-state index is 12.5. The van der Waals surface area contributed by atoms with Crippen LogP contribution in [0.5, 0.6) is 0 Å². The molecule has 0 bridgehead atoms. The lowest BCUT2D eigenvalue weighted by Gasteiger charge is -2.34. The predicted molar refractivity (Wildman–Crippen MR) is 81.0 cm³/mol. The number of carbonyl (C=O) groups excluding carboxylic acids is 1. The first kappa shape index (κ1) is 13.4. The van der Waals surface area contributed by atoms with Gasteiger partial charge in [0.05, 0.1) is 6.54 Å². The number of hydrogen-bond donors (Lipinski definition) is 0. The van der Waals surface area contributed by atoms with Crippen LogP contribution < -0.4 is 4.90 Å². The van der Waals surface area contributed by atoms with Gasteiger partial charge in [-0.3, -0.25) is 4.79 Å². The van der Waals surface area contributed by atoms with Crippen LogP contribution in [0.15, 0.2) is 24.3 Å². The highest BCUT2D eigenvalue weighted by atomic mass is 16.2. The fraction of sp³-hybridized carbons (Fsp3) is 0.562. The summed E-state index contributed by atoms with van der Waals surface area (Å²) in [7, 11) is 2.11. The number of amides is 1. The Bertz CT molecular complexity index is 494. The minimum Gasteiger partial charge on any atom is -0.359 e. The first-order chi connectivity index (χ1) is 9.65. The predicted octanol–water partition coefficient (Wildman–Crippen LogP) is 1.21. The lowest BCUT2D eigenvalue weighted by molar-refractivity contribution is -0.131. The molecule has 1 aromatic rings. The summed E-state index contributed by atoms with van der Waals surface area (Å²) in [5, 5.41) is 0. The summed E-state index contributed by atoms with van der Waals surface area (Å²) in [6.07, 6.45) is 1.05. The van der Waals surface area contributed by atoms with Gasteiger partial charge in [-0.05, 0) is 32.0 Å². The second-order valence-electron chi connectivity index (χ2n) is 5.99. The molecular weight excluding hydrogens is 250 g/mol. The zero-order chi connectivity index (χ0) is 14.1. The minimum atomic E-state index is 0.265. The highest BCUT2D eigenvalue weighted by Gasteiger charge is 2.29. The van der Waals surface area contributed by atoms with Gasteiger partial charge in [0.2, 0.25) is 5.91 Å². The van der Waals surface area contributed by atoms with Gasteiger partial charge in [-0.15, -0.1) is 0 Å². The Kier molecular flexibility index (Phi) is 3.66. The van der Waals surface area contributed by atoms with E-state index in [1.54, 1.807) is 0 Å². The highest BCUT2D eigenvalue weighted by molar-refractivity contribution is 5.82. The van der Waals surface area contributed by atoms with Crippen molar-refractivity contribution in [1.29, 1.82) is 0 Å². The van der Waals surface area contributed by atoms with E-state index in [1.165, 1.54) is 11.3 Å². The molecule has 1 saturated heterocycles. The molecule has 1 aromatic carbocycles. The van der Waals surface area contributed by atoms with Gasteiger partial charge in [0.25, 0.3) is 0 Å². The molecule has 3 rings (SSSR count). The molecule has 0 aromatic heterocycles. The second kappa shape index (κ2) is 5.44. The van der Waals surface area contributed by atoms with Crippen LogP contribution in [0.4, 0.5) is 5.69 Å². The van der Waals surface area contributed by atoms with Gasteiger partial charge in [0, 0.05) is 37.9 Å². The van der Waals surface area contributed by atoms with Crippen LogP contribution in [-0.2, 0) is 11.2 Å². The van der Waals surface area contributed by atoms with E-state index in [-0.39, 0.29) is 5.91 Å². The summed E-state index contributed by atoms with van der Waals surface area (Å²) in [6, 6.07) is 8.87. The quantitative estimate of drug-likeness (QED) is 0.810. The van der Waals surface area contributed by atoms with Crippen LogP contribution in [0.1, 0.15) is 12.5 Å². The number of fused-ring (bicyclic) bond motifs is 1. The first-order valence-electron chi connectivity index (χ1n) is 7.46. The molecule has 0 saturated carbocycles. The number of carbonyl (C=O) groups is 1. The Morgan fingerprint density at radius 1 is 1.20 bits per heavy atom. The zero-order valence-corrected chi connectivity index (χ0v) is 12.4. The third-order valence-corrected chi connectivity index (χ3v) is 4.51. The summed E-state index contributed by atoms with van der Waals surface area (Å²) < 4.78 is 0. The van der Waals surface area contributed by atoms with Crippen LogP contribution in [0.3, 0.4) is 0 Å². The lowest BCUT2D eigenvalue weighted by atomic mass is 10.1. The van der Waals surface area contributed by atoms with Crippen molar-refractivity contribution in [3.63, 3.8) is 0 Å². The van der Waals surface area contributed by atoms with Gasteiger partial charge in [-0.2, -0.15) is 0 Å². The Hall–Kier alpha value is -1.55. The number of piperazine rings is 1. The van der Waals surface area contributed by atoms with E-state index in [1.807, 2.05) is 4.90 Å². The molecule has 0 aliphatic carbocycles. The Balaban J connectivity index is 1.67. The van der Waals surface area contributed by atoms with Gasteiger partial charge in [-0.1, -0.05) is 18.2 Å². The number of hydrogen-bond acceptors (Lipinski definition) is 3. The van der Waals surface area contributed by atoms with E-state index in [4.69, 9.17) is 0 Å². The smallest absolute Gasteiger partial charge is 0.242 e. The molecule has 1 fully saturated rings. The molecule has 2 aliphatic rings. The van der Waals surface area contributed by atoms with Crippen LogP contribution >= 0.6 is 0 Å². The monoisotopic (exact) mass is 273 g/mol. The normalized spacial score (nSPS) is 23.0. The average Bonchev–Trinajstić information content (AvgIpc) is 2.76. The maximum Gasteiger partial charge on any atom is 0.242 e. The number of rotatable bonds is 2. The minimum absolute atomic E-state index is 0.265. The van der Waals surface area contributed by atoms with Gasteiger partial charge < -0.3 is 14.7 Å². The molecule has 108 valence electrons. The van der Waals surface area contributed by atoms with Crippen LogP contribution in [0.2, 0.25) is 0 Å². The second-order valence-corrected chi connectivity index (χ2v) is 5.99. The van der Waals surface area contributed by atoms with E-state index < -0.39 is 0 Å². The molecule has 1 amide bonds. The van der Waals surface area contributed by atoms with E-state index in [9.17, 15) is 4.79 Å². The Morgan fingerprint density at radius 3 is 2.65 bits per heavy atom. The van der Waals surface area contributed by atoms with Gasteiger partial charge in [-0.25, -0.2) is 0 Å². The van der Waals surface area contributed by atoms with Gasteiger partial charge in [0.15, 0.2) is 0 Å². The summed E-state index contributed by atoms with van der Waals surface area (Å²) >= 11 is 0. The zero-order valence-electron chi connectivity index (χ0n) is 12.4. The molecule has 0 N–H and O–H groups in total. The number of likely N-dealkylation sites (N-methyl/N-ethyl adjacent to an activating group) is 1. The fourth-order valence-corrected chi connectivity index (χ4v) is 3.17. The van der Waals surface area contributed by atoms with Crippen LogP contribution in [0.25, 0.3) is 0 Å². The topological polar surface area (TPSA) is 26.8 Å². The van der Waals surface area contributed by atoms with E-state index in [0.29, 0.717) is 12.6 Å². The number of nitrogens with zero attached hydrogens (tertiary/aromatic N) is 3. The molecule has 2 heterocycles. The van der Waals surface area contributed by atoms with Crippen molar-refractivity contribution >= 4 is 11.6 Å². The van der Waals surface area contributed by atoms with Crippen molar-refractivity contribution in [1.82, 2.24) is 9.80 Å². The molecule has 0 spiro atoms. The van der Waals surface area contributed by atoms with E-state index in [0.717, 1.165) is 32.6 Å². The molecule has 20 heavy (non-hydrogen) atoms. The number of benzene rings is 1. The molecule has 2 aliphatic heterocycles. The molecule has 1 atom stereocenters. The molecule has 0 radical (unpaired) electrons. The highest BCUT2D eigenvalue weighted by Crippen LogP contribution is 2.31. The molecular formula is C16H23N3O. The van der Waals surface area contributed by atoms with Crippen molar-refractivity contribution in [2.45, 2.75) is 19.4 Å². The van der Waals surface area contributed by atoms with Crippen molar-refractivity contribution in [3.05, 3.63) is 29.8 Å². The standard InChI is InChI=1S/C16H23N3O/c1-13-11-14-5-3-4-6-15(14)19(13)12-16(20)18-9-7-17(2)8-10-18/h3-6,13H,7-12H2,1-2H3. The van der Waals surface area contributed by atoms with Crippen molar-refractivity contribution in [3.8, 4) is 0 Å². The lowest BCUT2D eigenvalue weighted by Crippen LogP contribution is -2.50. The SMILES string of the molecule is CC1Cc2ccccc2N1CC(=O)N1CCN(C)CC1. The first-order valence-corrected chi connectivity index (χ1v) is 7.46. The average molecular weight is 273 g/mol.